The number of hydrogen-bond donors (Lipinski definition) is 1. The van der Waals surface area contributed by atoms with E-state index in [2.05, 4.69) is 0 Å². The Bertz CT molecular complexity index is 923. The number of rotatable bonds is 2. The minimum Gasteiger partial charge on any atom is -0.481 e. The van der Waals surface area contributed by atoms with Gasteiger partial charge in [0.05, 0.1) is 6.04 Å². The van der Waals surface area contributed by atoms with E-state index in [0.717, 1.165) is 0 Å². The van der Waals surface area contributed by atoms with Crippen molar-refractivity contribution in [3.05, 3.63) is 35.4 Å². The zero-order valence-corrected chi connectivity index (χ0v) is 14.5. The summed E-state index contributed by atoms with van der Waals surface area (Å²) in [5.41, 5.74) is -0.117. The van der Waals surface area contributed by atoms with Crippen LogP contribution >= 0.6 is 0 Å². The van der Waals surface area contributed by atoms with Crippen LogP contribution in [0, 0.1) is 5.41 Å². The molecule has 8 heteroatoms. The van der Waals surface area contributed by atoms with E-state index in [0.29, 0.717) is 35.6 Å². The zero-order chi connectivity index (χ0) is 18.9. The Morgan fingerprint density at radius 2 is 2.04 bits per heavy atom. The molecule has 0 unspecified atom stereocenters. The fourth-order valence-electron chi connectivity index (χ4n) is 4.89. The van der Waals surface area contributed by atoms with Gasteiger partial charge in [-0.05, 0) is 30.2 Å². The standard InChI is InChI=1S/C19H17NO7/c1-9(21)27-12-2-3-19(18(23)24)4-5-20-16(19)15(12)10-6-13-14(26-8-25-13)7-11(10)17(20)22/h2-3,6-7,12,15-16H,4-5,8H2,1H3,(H,23,24)/t12-,15-,16+,19-/m0/s1. The third-order valence-electron chi connectivity index (χ3n) is 6.00. The predicted octanol–water partition coefficient (Wildman–Crippen LogP) is 1.30. The van der Waals surface area contributed by atoms with Crippen LogP contribution in [0.15, 0.2) is 24.3 Å². The maximum atomic E-state index is 13.1. The molecule has 1 N–H and O–H groups in total. The maximum absolute atomic E-state index is 13.1. The van der Waals surface area contributed by atoms with Crippen molar-refractivity contribution in [2.75, 3.05) is 13.3 Å². The van der Waals surface area contributed by atoms with E-state index in [4.69, 9.17) is 14.2 Å². The van der Waals surface area contributed by atoms with Gasteiger partial charge in [0, 0.05) is 24.9 Å². The highest BCUT2D eigenvalue weighted by atomic mass is 16.7. The smallest absolute Gasteiger partial charge is 0.315 e. The lowest BCUT2D eigenvalue weighted by Gasteiger charge is -2.47. The summed E-state index contributed by atoms with van der Waals surface area (Å²) in [6, 6.07) is 2.74. The highest BCUT2D eigenvalue weighted by Crippen LogP contribution is 2.55. The van der Waals surface area contributed by atoms with Crippen molar-refractivity contribution in [3.63, 3.8) is 0 Å². The first-order valence-corrected chi connectivity index (χ1v) is 8.77. The lowest BCUT2D eigenvalue weighted by Crippen LogP contribution is -2.57. The van der Waals surface area contributed by atoms with Crippen molar-refractivity contribution in [2.24, 2.45) is 5.41 Å². The molecule has 1 aliphatic carbocycles. The average molecular weight is 371 g/mol. The first-order chi connectivity index (χ1) is 12.9. The van der Waals surface area contributed by atoms with Gasteiger partial charge in [0.1, 0.15) is 11.5 Å². The molecule has 5 rings (SSSR count). The predicted molar refractivity (Wildman–Crippen MR) is 89.5 cm³/mol. The van der Waals surface area contributed by atoms with Gasteiger partial charge in [-0.1, -0.05) is 6.08 Å². The Morgan fingerprint density at radius 3 is 2.74 bits per heavy atom. The van der Waals surface area contributed by atoms with Crippen molar-refractivity contribution in [1.82, 2.24) is 4.90 Å². The highest BCUT2D eigenvalue weighted by Gasteiger charge is 2.62. The van der Waals surface area contributed by atoms with Gasteiger partial charge in [-0.25, -0.2) is 0 Å². The van der Waals surface area contributed by atoms with Gasteiger partial charge in [-0.2, -0.15) is 0 Å². The first-order valence-electron chi connectivity index (χ1n) is 8.77. The largest absolute Gasteiger partial charge is 0.481 e. The Kier molecular flexibility index (Phi) is 3.14. The molecule has 3 aliphatic heterocycles. The molecule has 1 fully saturated rings. The third kappa shape index (κ3) is 2.01. The van der Waals surface area contributed by atoms with Gasteiger partial charge in [0.2, 0.25) is 6.79 Å². The number of nitrogens with zero attached hydrogens (tertiary/aromatic N) is 1. The van der Waals surface area contributed by atoms with E-state index >= 15 is 0 Å². The molecule has 1 amide bonds. The summed E-state index contributed by atoms with van der Waals surface area (Å²) in [7, 11) is 0. The van der Waals surface area contributed by atoms with Crippen LogP contribution in [0.5, 0.6) is 11.5 Å². The second kappa shape index (κ2) is 5.25. The molecular formula is C19H17NO7. The van der Waals surface area contributed by atoms with Crippen molar-refractivity contribution in [1.29, 1.82) is 0 Å². The molecule has 1 saturated heterocycles. The molecule has 1 aromatic rings. The second-order valence-corrected chi connectivity index (χ2v) is 7.29. The molecule has 140 valence electrons. The van der Waals surface area contributed by atoms with E-state index in [9.17, 15) is 19.5 Å². The summed E-state index contributed by atoms with van der Waals surface area (Å²) in [6.07, 6.45) is 2.90. The molecule has 0 aromatic heterocycles. The van der Waals surface area contributed by atoms with Crippen LogP contribution in [0.1, 0.15) is 35.2 Å². The molecule has 0 spiro atoms. The molecule has 4 atom stereocenters. The van der Waals surface area contributed by atoms with Crippen molar-refractivity contribution < 1.29 is 33.7 Å². The molecule has 0 saturated carbocycles. The number of carbonyl (C=O) groups excluding carboxylic acids is 2. The first kappa shape index (κ1) is 16.2. The number of carboxylic acids is 1. The number of hydrogen-bond acceptors (Lipinski definition) is 6. The molecule has 3 heterocycles. The normalized spacial score (nSPS) is 32.1. The Labute approximate surface area is 154 Å². The van der Waals surface area contributed by atoms with Gasteiger partial charge in [0.25, 0.3) is 5.91 Å². The maximum Gasteiger partial charge on any atom is 0.315 e. The number of aliphatic carboxylic acids is 1. The minimum absolute atomic E-state index is 0.0660. The molecular weight excluding hydrogens is 354 g/mol. The van der Waals surface area contributed by atoms with Gasteiger partial charge in [-0.15, -0.1) is 0 Å². The van der Waals surface area contributed by atoms with Gasteiger partial charge >= 0.3 is 11.9 Å². The van der Waals surface area contributed by atoms with Crippen LogP contribution in [-0.2, 0) is 14.3 Å². The Balaban J connectivity index is 1.74. The summed E-state index contributed by atoms with van der Waals surface area (Å²) in [5, 5.41) is 9.97. The van der Waals surface area contributed by atoms with Crippen molar-refractivity contribution in [3.8, 4) is 11.5 Å². The number of amides is 1. The second-order valence-electron chi connectivity index (χ2n) is 7.29. The SMILES string of the molecule is CC(=O)O[C@H]1C=C[C@]2(C(=O)O)CCN3C(=O)c4cc5c(cc4[C@@H]1[C@@H]32)OCO5. The molecule has 4 aliphatic rings. The highest BCUT2D eigenvalue weighted by molar-refractivity contribution is 6.00. The number of carboxylic acid groups (broad SMARTS) is 1. The van der Waals surface area contributed by atoms with Crippen LogP contribution in [0.2, 0.25) is 0 Å². The molecule has 1 aromatic carbocycles. The van der Waals surface area contributed by atoms with Gasteiger partial charge in [-0.3, -0.25) is 14.4 Å². The number of benzene rings is 1. The van der Waals surface area contributed by atoms with Gasteiger partial charge in [0.15, 0.2) is 11.5 Å². The lowest BCUT2D eigenvalue weighted by atomic mass is 9.65. The zero-order valence-electron chi connectivity index (χ0n) is 14.5. The van der Waals surface area contributed by atoms with E-state index in [1.165, 1.54) is 6.92 Å². The number of fused-ring (bicyclic) bond motifs is 3. The average Bonchev–Trinajstić information content (AvgIpc) is 3.23. The number of ether oxygens (including phenoxy) is 3. The quantitative estimate of drug-likeness (QED) is 0.617. The topological polar surface area (TPSA) is 102 Å². The summed E-state index contributed by atoms with van der Waals surface area (Å²) in [4.78, 5) is 38.6. The van der Waals surface area contributed by atoms with E-state index < -0.39 is 35.4 Å². The van der Waals surface area contributed by atoms with Crippen LogP contribution < -0.4 is 9.47 Å². The van der Waals surface area contributed by atoms with Crippen molar-refractivity contribution in [2.45, 2.75) is 31.4 Å². The van der Waals surface area contributed by atoms with E-state index in [-0.39, 0.29) is 12.7 Å². The Morgan fingerprint density at radius 1 is 1.30 bits per heavy atom. The van der Waals surface area contributed by atoms with Crippen LogP contribution in [0.4, 0.5) is 0 Å². The molecule has 0 radical (unpaired) electrons. The monoisotopic (exact) mass is 371 g/mol. The van der Waals surface area contributed by atoms with E-state index in [1.807, 2.05) is 0 Å². The molecule has 8 nitrogen and oxygen atoms in total. The number of carbonyl (C=O) groups is 3. The summed E-state index contributed by atoms with van der Waals surface area (Å²) in [5.74, 6) is -1.17. The van der Waals surface area contributed by atoms with Crippen LogP contribution in [0.3, 0.4) is 0 Å². The lowest BCUT2D eigenvalue weighted by molar-refractivity contribution is -0.151. The summed E-state index contributed by atoms with van der Waals surface area (Å²) < 4.78 is 16.3. The van der Waals surface area contributed by atoms with Crippen LogP contribution in [-0.4, -0.2) is 53.3 Å². The fourth-order valence-corrected chi connectivity index (χ4v) is 4.89. The molecule has 0 bridgehead atoms. The third-order valence-corrected chi connectivity index (χ3v) is 6.00. The Hall–Kier alpha value is -3.03. The van der Waals surface area contributed by atoms with Gasteiger partial charge < -0.3 is 24.2 Å². The van der Waals surface area contributed by atoms with Crippen LogP contribution in [0.25, 0.3) is 0 Å². The summed E-state index contributed by atoms with van der Waals surface area (Å²) >= 11 is 0. The fraction of sp³-hybridized carbons (Fsp3) is 0.421. The minimum atomic E-state index is -1.19. The summed E-state index contributed by atoms with van der Waals surface area (Å²) in [6.45, 7) is 1.71. The van der Waals surface area contributed by atoms with E-state index in [1.54, 1.807) is 29.2 Å². The van der Waals surface area contributed by atoms with Crippen molar-refractivity contribution >= 4 is 17.8 Å². The number of esters is 1. The molecule has 27 heavy (non-hydrogen) atoms.